The van der Waals surface area contributed by atoms with Crippen LogP contribution in [-0.4, -0.2) is 41.8 Å². The number of rotatable bonds is 6. The summed E-state index contributed by atoms with van der Waals surface area (Å²) in [4.78, 5) is 9.65. The Bertz CT molecular complexity index is 718. The lowest BCUT2D eigenvalue weighted by Gasteiger charge is -2.32. The van der Waals surface area contributed by atoms with Crippen LogP contribution in [0.15, 0.2) is 35.4 Å². The van der Waals surface area contributed by atoms with Crippen LogP contribution in [0.25, 0.3) is 11.4 Å². The largest absolute Gasteiger partial charge is 0.370 e. The molecule has 2 heterocycles. The minimum Gasteiger partial charge on any atom is -0.370 e. The Hall–Kier alpha value is -1.47. The average Bonchev–Trinajstić information content (AvgIpc) is 2.61. The van der Waals surface area contributed by atoms with Crippen LogP contribution in [0.3, 0.4) is 0 Å². The van der Waals surface area contributed by atoms with Crippen LogP contribution in [0, 0.1) is 0 Å². The minimum atomic E-state index is -0.267. The zero-order valence-corrected chi connectivity index (χ0v) is 15.9. The van der Waals surface area contributed by atoms with E-state index in [1.165, 1.54) is 0 Å². The standard InChI is InChI=1S/C19H24N2O3S/c1-19(2)10-15-14(11-24-19)18(25-12-16(22-3)23-4)21-17(20-15)13-8-6-5-7-9-13/h5-9,16H,10-12H2,1-4H3. The van der Waals surface area contributed by atoms with E-state index in [4.69, 9.17) is 24.2 Å². The van der Waals surface area contributed by atoms with E-state index in [0.717, 1.165) is 34.1 Å². The molecule has 2 aromatic rings. The molecule has 1 aromatic carbocycles. The van der Waals surface area contributed by atoms with Crippen LogP contribution in [0.1, 0.15) is 25.1 Å². The lowest BCUT2D eigenvalue weighted by Crippen LogP contribution is -2.33. The van der Waals surface area contributed by atoms with Gasteiger partial charge >= 0.3 is 0 Å². The van der Waals surface area contributed by atoms with E-state index in [9.17, 15) is 0 Å². The fourth-order valence-corrected chi connectivity index (χ4v) is 3.80. The van der Waals surface area contributed by atoms with Gasteiger partial charge in [-0.25, -0.2) is 9.97 Å². The normalized spacial score (nSPS) is 16.0. The molecule has 1 aromatic heterocycles. The van der Waals surface area contributed by atoms with E-state index < -0.39 is 0 Å². The van der Waals surface area contributed by atoms with Crippen LogP contribution in [-0.2, 0) is 27.2 Å². The quantitative estimate of drug-likeness (QED) is 0.445. The predicted molar refractivity (Wildman–Crippen MR) is 98.6 cm³/mol. The number of fused-ring (bicyclic) bond motifs is 1. The maximum absolute atomic E-state index is 5.98. The molecule has 1 aliphatic rings. The van der Waals surface area contributed by atoms with Gasteiger partial charge in [-0.15, -0.1) is 11.8 Å². The maximum atomic E-state index is 5.98. The summed E-state index contributed by atoms with van der Waals surface area (Å²) < 4.78 is 16.6. The van der Waals surface area contributed by atoms with Gasteiger partial charge in [0.2, 0.25) is 0 Å². The van der Waals surface area contributed by atoms with E-state index in [0.29, 0.717) is 12.4 Å². The molecule has 1 aliphatic heterocycles. The van der Waals surface area contributed by atoms with E-state index >= 15 is 0 Å². The number of ether oxygens (including phenoxy) is 3. The number of benzene rings is 1. The number of thioether (sulfide) groups is 1. The molecular formula is C19H24N2O3S. The first kappa shape index (κ1) is 18.3. The van der Waals surface area contributed by atoms with Crippen molar-refractivity contribution < 1.29 is 14.2 Å². The fourth-order valence-electron chi connectivity index (χ4n) is 2.74. The molecule has 0 N–H and O–H groups in total. The van der Waals surface area contributed by atoms with Crippen LogP contribution < -0.4 is 0 Å². The third-order valence-corrected chi connectivity index (χ3v) is 5.22. The summed E-state index contributed by atoms with van der Waals surface area (Å²) in [6.07, 6.45) is 0.507. The van der Waals surface area contributed by atoms with Gasteiger partial charge in [-0.05, 0) is 13.8 Å². The van der Waals surface area contributed by atoms with Gasteiger partial charge in [0, 0.05) is 31.8 Å². The van der Waals surface area contributed by atoms with E-state index in [1.54, 1.807) is 26.0 Å². The highest BCUT2D eigenvalue weighted by atomic mass is 32.2. The van der Waals surface area contributed by atoms with Gasteiger partial charge in [-0.3, -0.25) is 0 Å². The zero-order chi connectivity index (χ0) is 17.9. The number of hydrogen-bond donors (Lipinski definition) is 0. The Morgan fingerprint density at radius 3 is 2.56 bits per heavy atom. The minimum absolute atomic E-state index is 0.209. The molecule has 0 fully saturated rings. The molecule has 5 nitrogen and oxygen atoms in total. The summed E-state index contributed by atoms with van der Waals surface area (Å²) in [7, 11) is 3.29. The molecule has 0 aliphatic carbocycles. The first-order chi connectivity index (χ1) is 12.0. The molecule has 0 radical (unpaired) electrons. The molecule has 0 saturated carbocycles. The summed E-state index contributed by atoms with van der Waals surface area (Å²) in [5.41, 5.74) is 2.96. The maximum Gasteiger partial charge on any atom is 0.166 e. The van der Waals surface area contributed by atoms with Crippen molar-refractivity contribution in [3.8, 4) is 11.4 Å². The lowest BCUT2D eigenvalue weighted by molar-refractivity contribution is -0.0842. The highest BCUT2D eigenvalue weighted by Crippen LogP contribution is 2.34. The van der Waals surface area contributed by atoms with Crippen molar-refractivity contribution in [2.45, 2.75) is 43.8 Å². The van der Waals surface area contributed by atoms with E-state index in [-0.39, 0.29) is 11.9 Å². The van der Waals surface area contributed by atoms with Crippen LogP contribution in [0.2, 0.25) is 0 Å². The Morgan fingerprint density at radius 1 is 1.16 bits per heavy atom. The summed E-state index contributed by atoms with van der Waals surface area (Å²) in [6, 6.07) is 10.1. The van der Waals surface area contributed by atoms with E-state index in [1.807, 2.05) is 30.3 Å². The molecule has 0 unspecified atom stereocenters. The molecule has 0 saturated heterocycles. The third kappa shape index (κ3) is 4.39. The summed E-state index contributed by atoms with van der Waals surface area (Å²) in [5, 5.41) is 0.943. The molecular weight excluding hydrogens is 336 g/mol. The average molecular weight is 360 g/mol. The van der Waals surface area contributed by atoms with Gasteiger partial charge in [0.15, 0.2) is 12.1 Å². The Kier molecular flexibility index (Phi) is 5.74. The fraction of sp³-hybridized carbons (Fsp3) is 0.474. The highest BCUT2D eigenvalue weighted by Gasteiger charge is 2.30. The Morgan fingerprint density at radius 2 is 1.88 bits per heavy atom. The second kappa shape index (κ2) is 7.83. The number of aromatic nitrogens is 2. The van der Waals surface area contributed by atoms with Crippen LogP contribution >= 0.6 is 11.8 Å². The van der Waals surface area contributed by atoms with Crippen LogP contribution in [0.5, 0.6) is 0 Å². The lowest BCUT2D eigenvalue weighted by atomic mass is 9.96. The molecule has 0 atom stereocenters. The van der Waals surface area contributed by atoms with Gasteiger partial charge in [-0.1, -0.05) is 30.3 Å². The SMILES string of the molecule is COC(CSc1nc(-c2ccccc2)nc2c1COC(C)(C)C2)OC. The second-order valence-electron chi connectivity index (χ2n) is 6.58. The van der Waals surface area contributed by atoms with Crippen molar-refractivity contribution >= 4 is 11.8 Å². The number of methoxy groups -OCH3 is 2. The molecule has 134 valence electrons. The monoisotopic (exact) mass is 360 g/mol. The number of hydrogen-bond acceptors (Lipinski definition) is 6. The van der Waals surface area contributed by atoms with Gasteiger partial charge in [0.1, 0.15) is 5.03 Å². The third-order valence-electron chi connectivity index (χ3n) is 4.17. The summed E-state index contributed by atoms with van der Waals surface area (Å²) >= 11 is 1.62. The second-order valence-corrected chi connectivity index (χ2v) is 7.59. The van der Waals surface area contributed by atoms with Crippen LogP contribution in [0.4, 0.5) is 0 Å². The molecule has 0 spiro atoms. The summed E-state index contributed by atoms with van der Waals surface area (Å²) in [5.74, 6) is 1.42. The Balaban J connectivity index is 1.97. The predicted octanol–water partition coefficient (Wildman–Crippen LogP) is 3.71. The first-order valence-electron chi connectivity index (χ1n) is 8.30. The molecule has 3 rings (SSSR count). The van der Waals surface area contributed by atoms with Crippen molar-refractivity contribution in [1.29, 1.82) is 0 Å². The van der Waals surface area contributed by atoms with Gasteiger partial charge in [0.25, 0.3) is 0 Å². The summed E-state index contributed by atoms with van der Waals surface area (Å²) in [6.45, 7) is 4.72. The molecule has 0 bridgehead atoms. The highest BCUT2D eigenvalue weighted by molar-refractivity contribution is 7.99. The van der Waals surface area contributed by atoms with Crippen molar-refractivity contribution in [2.75, 3.05) is 20.0 Å². The van der Waals surface area contributed by atoms with Crippen molar-refractivity contribution in [3.05, 3.63) is 41.6 Å². The van der Waals surface area contributed by atoms with Crippen molar-refractivity contribution in [2.24, 2.45) is 0 Å². The number of nitrogens with zero attached hydrogens (tertiary/aromatic N) is 2. The van der Waals surface area contributed by atoms with Gasteiger partial charge < -0.3 is 14.2 Å². The van der Waals surface area contributed by atoms with E-state index in [2.05, 4.69) is 13.8 Å². The molecule has 6 heteroatoms. The molecule has 25 heavy (non-hydrogen) atoms. The van der Waals surface area contributed by atoms with Crippen molar-refractivity contribution in [1.82, 2.24) is 9.97 Å². The smallest absolute Gasteiger partial charge is 0.166 e. The van der Waals surface area contributed by atoms with Gasteiger partial charge in [-0.2, -0.15) is 0 Å². The van der Waals surface area contributed by atoms with Crippen molar-refractivity contribution in [3.63, 3.8) is 0 Å². The Labute approximate surface area is 153 Å². The van der Waals surface area contributed by atoms with Gasteiger partial charge in [0.05, 0.1) is 23.7 Å². The first-order valence-corrected chi connectivity index (χ1v) is 9.28. The molecule has 0 amide bonds. The zero-order valence-electron chi connectivity index (χ0n) is 15.1. The topological polar surface area (TPSA) is 53.5 Å².